The molecule has 5 rings (SSSR count). The summed E-state index contributed by atoms with van der Waals surface area (Å²) in [4.78, 5) is 48.1. The summed E-state index contributed by atoms with van der Waals surface area (Å²) in [6.45, 7) is 6.73. The lowest BCUT2D eigenvalue weighted by Crippen LogP contribution is -2.44. The van der Waals surface area contributed by atoms with Gasteiger partial charge >= 0.3 is 5.69 Å². The molecule has 2 aliphatic heterocycles. The average Bonchev–Trinajstić information content (AvgIpc) is 3.49. The Bertz CT molecular complexity index is 1140. The van der Waals surface area contributed by atoms with Crippen molar-refractivity contribution in [3.63, 3.8) is 0 Å². The summed E-state index contributed by atoms with van der Waals surface area (Å²) < 4.78 is 12.9. The number of ether oxygens (including phenoxy) is 2. The van der Waals surface area contributed by atoms with Crippen molar-refractivity contribution in [2.45, 2.75) is 58.3 Å². The molecule has 3 aliphatic rings. The molecule has 0 aromatic carbocycles. The molecule has 1 aliphatic carbocycles. The van der Waals surface area contributed by atoms with Crippen molar-refractivity contribution < 1.29 is 14.3 Å². The van der Waals surface area contributed by atoms with Gasteiger partial charge in [0, 0.05) is 37.2 Å². The fourth-order valence-corrected chi connectivity index (χ4v) is 4.82. The van der Waals surface area contributed by atoms with Crippen LogP contribution in [0.3, 0.4) is 0 Å². The van der Waals surface area contributed by atoms with Gasteiger partial charge in [-0.15, -0.1) is 0 Å². The van der Waals surface area contributed by atoms with Crippen LogP contribution in [-0.2, 0) is 16.0 Å². The van der Waals surface area contributed by atoms with Crippen LogP contribution in [0.25, 0.3) is 11.0 Å². The van der Waals surface area contributed by atoms with E-state index in [4.69, 9.17) is 14.5 Å². The second-order valence-corrected chi connectivity index (χ2v) is 9.59. The third-order valence-electron chi connectivity index (χ3n) is 6.52. The van der Waals surface area contributed by atoms with Gasteiger partial charge in [-0.05, 0) is 37.7 Å². The summed E-state index contributed by atoms with van der Waals surface area (Å²) in [7, 11) is 0. The van der Waals surface area contributed by atoms with E-state index in [0.717, 1.165) is 31.4 Å². The van der Waals surface area contributed by atoms with Crippen LogP contribution in [0.4, 0.5) is 0 Å². The Kier molecular flexibility index (Phi) is 5.63. The van der Waals surface area contributed by atoms with E-state index in [1.54, 1.807) is 11.0 Å². The lowest BCUT2D eigenvalue weighted by Gasteiger charge is -2.35. The number of fused-ring (bicyclic) bond motifs is 1. The average molecular weight is 443 g/mol. The molecular formula is C23H30N4O5. The molecule has 0 spiro atoms. The zero-order valence-electron chi connectivity index (χ0n) is 18.6. The minimum atomic E-state index is -0.556. The summed E-state index contributed by atoms with van der Waals surface area (Å²) in [6, 6.07) is 1.77. The van der Waals surface area contributed by atoms with E-state index in [0.29, 0.717) is 44.1 Å². The molecule has 1 atom stereocenters. The van der Waals surface area contributed by atoms with Gasteiger partial charge in [-0.2, -0.15) is 0 Å². The minimum Gasteiger partial charge on any atom is -0.350 e. The number of H-pyrrole nitrogens is 1. The predicted molar refractivity (Wildman–Crippen MR) is 118 cm³/mol. The normalized spacial score (nSPS) is 22.2. The number of likely N-dealkylation sites (tertiary alicyclic amines) is 1. The zero-order chi connectivity index (χ0) is 22.4. The van der Waals surface area contributed by atoms with Crippen LogP contribution < -0.4 is 11.2 Å². The Morgan fingerprint density at radius 2 is 1.97 bits per heavy atom. The van der Waals surface area contributed by atoms with Crippen LogP contribution in [0.1, 0.15) is 61.5 Å². The monoisotopic (exact) mass is 442 g/mol. The highest BCUT2D eigenvalue weighted by Crippen LogP contribution is 2.40. The lowest BCUT2D eigenvalue weighted by atomic mass is 9.96. The number of amides is 1. The van der Waals surface area contributed by atoms with E-state index in [2.05, 4.69) is 4.98 Å². The van der Waals surface area contributed by atoms with Crippen molar-refractivity contribution >= 4 is 16.9 Å². The molecule has 172 valence electrons. The second kappa shape index (κ2) is 8.44. The van der Waals surface area contributed by atoms with Crippen LogP contribution >= 0.6 is 0 Å². The Morgan fingerprint density at radius 1 is 1.22 bits per heavy atom. The maximum atomic E-state index is 13.7. The van der Waals surface area contributed by atoms with E-state index in [9.17, 15) is 14.4 Å². The predicted octanol–water partition coefficient (Wildman–Crippen LogP) is 1.84. The van der Waals surface area contributed by atoms with E-state index < -0.39 is 11.2 Å². The number of carbonyl (C=O) groups excluding carboxylic acids is 1. The number of aromatic nitrogens is 3. The van der Waals surface area contributed by atoms with Gasteiger partial charge in [0.2, 0.25) is 0 Å². The van der Waals surface area contributed by atoms with Crippen LogP contribution in [-0.4, -0.2) is 57.9 Å². The van der Waals surface area contributed by atoms with Crippen molar-refractivity contribution in [1.82, 2.24) is 19.4 Å². The molecule has 3 fully saturated rings. The van der Waals surface area contributed by atoms with Crippen molar-refractivity contribution in [3.8, 4) is 0 Å². The summed E-state index contributed by atoms with van der Waals surface area (Å²) in [5.41, 5.74) is 0.406. The largest absolute Gasteiger partial charge is 0.350 e. The zero-order valence-corrected chi connectivity index (χ0v) is 18.6. The third kappa shape index (κ3) is 3.99. The first kappa shape index (κ1) is 21.3. The van der Waals surface area contributed by atoms with E-state index in [-0.39, 0.29) is 35.3 Å². The number of hydrogen-bond acceptors (Lipinski definition) is 6. The van der Waals surface area contributed by atoms with E-state index in [1.165, 1.54) is 4.57 Å². The number of carbonyl (C=O) groups is 1. The Morgan fingerprint density at radius 3 is 2.66 bits per heavy atom. The molecule has 1 amide bonds. The molecule has 1 N–H and O–H groups in total. The summed E-state index contributed by atoms with van der Waals surface area (Å²) in [5, 5.41) is 0.204. The molecule has 2 saturated heterocycles. The molecule has 4 heterocycles. The van der Waals surface area contributed by atoms with Gasteiger partial charge in [-0.25, -0.2) is 9.78 Å². The summed E-state index contributed by atoms with van der Waals surface area (Å²) in [5.74, 6) is 0.384. The van der Waals surface area contributed by atoms with Crippen molar-refractivity contribution in [3.05, 3.63) is 38.2 Å². The minimum absolute atomic E-state index is 0.114. The third-order valence-corrected chi connectivity index (χ3v) is 6.52. The maximum Gasteiger partial charge on any atom is 0.330 e. The first-order valence-corrected chi connectivity index (χ1v) is 11.6. The number of pyridine rings is 1. The topological polar surface area (TPSA) is 107 Å². The van der Waals surface area contributed by atoms with Crippen LogP contribution in [0.2, 0.25) is 0 Å². The molecule has 1 saturated carbocycles. The van der Waals surface area contributed by atoms with Gasteiger partial charge in [0.25, 0.3) is 11.5 Å². The fourth-order valence-electron chi connectivity index (χ4n) is 4.82. The molecule has 9 heteroatoms. The smallest absolute Gasteiger partial charge is 0.330 e. The van der Waals surface area contributed by atoms with Gasteiger partial charge in [0.1, 0.15) is 0 Å². The van der Waals surface area contributed by atoms with Gasteiger partial charge < -0.3 is 14.4 Å². The molecule has 0 bridgehead atoms. The number of rotatable bonds is 5. The summed E-state index contributed by atoms with van der Waals surface area (Å²) in [6.07, 6.45) is 3.53. The quantitative estimate of drug-likeness (QED) is 0.757. The maximum absolute atomic E-state index is 13.7. The Balaban J connectivity index is 1.58. The molecule has 9 nitrogen and oxygen atoms in total. The second-order valence-electron chi connectivity index (χ2n) is 9.59. The highest BCUT2D eigenvalue weighted by Gasteiger charge is 2.35. The molecular weight excluding hydrogens is 412 g/mol. The SMILES string of the molecule is CC(C)Cn1c(=O)[nH]c(=O)c2c(C(=O)N3CCCC(C4OCCO4)C3)cc(C3CC3)nc21. The van der Waals surface area contributed by atoms with Crippen molar-refractivity contribution in [1.29, 1.82) is 0 Å². The van der Waals surface area contributed by atoms with Gasteiger partial charge in [0.15, 0.2) is 11.9 Å². The number of aromatic amines is 1. The van der Waals surface area contributed by atoms with Gasteiger partial charge in [-0.1, -0.05) is 13.8 Å². The molecule has 0 radical (unpaired) electrons. The highest BCUT2D eigenvalue weighted by molar-refractivity contribution is 6.05. The fraction of sp³-hybridized carbons (Fsp3) is 0.652. The van der Waals surface area contributed by atoms with Crippen molar-refractivity contribution in [2.75, 3.05) is 26.3 Å². The van der Waals surface area contributed by atoms with Crippen LogP contribution in [0.5, 0.6) is 0 Å². The Labute approximate surface area is 185 Å². The van der Waals surface area contributed by atoms with Gasteiger partial charge in [-0.3, -0.25) is 19.1 Å². The Hall–Kier alpha value is -2.52. The highest BCUT2D eigenvalue weighted by atomic mass is 16.7. The van der Waals surface area contributed by atoms with Crippen molar-refractivity contribution in [2.24, 2.45) is 11.8 Å². The van der Waals surface area contributed by atoms with E-state index in [1.807, 2.05) is 13.8 Å². The number of nitrogens with zero attached hydrogens (tertiary/aromatic N) is 3. The first-order chi connectivity index (χ1) is 15.4. The summed E-state index contributed by atoms with van der Waals surface area (Å²) >= 11 is 0. The van der Waals surface area contributed by atoms with Crippen LogP contribution in [0, 0.1) is 11.8 Å². The number of nitrogens with one attached hydrogen (secondary N) is 1. The molecule has 2 aromatic heterocycles. The lowest BCUT2D eigenvalue weighted by molar-refractivity contribution is -0.0969. The first-order valence-electron chi connectivity index (χ1n) is 11.6. The molecule has 32 heavy (non-hydrogen) atoms. The molecule has 1 unspecified atom stereocenters. The van der Waals surface area contributed by atoms with Gasteiger partial charge in [0.05, 0.1) is 24.2 Å². The van der Waals surface area contributed by atoms with Crippen LogP contribution in [0.15, 0.2) is 15.7 Å². The number of hydrogen-bond donors (Lipinski definition) is 1. The number of piperidine rings is 1. The van der Waals surface area contributed by atoms with E-state index >= 15 is 0 Å². The standard InChI is InChI=1S/C23H30N4O5/c1-13(2)11-27-19-18(20(28)25-23(27)30)16(10-17(24-19)14-5-6-14)21(29)26-7-3-4-15(12-26)22-31-8-9-32-22/h10,13-15,22H,3-9,11-12H2,1-2H3,(H,25,28,30). The molecule has 2 aromatic rings.